The lowest BCUT2D eigenvalue weighted by Crippen LogP contribution is -2.42. The molecule has 1 aromatic carbocycles. The summed E-state index contributed by atoms with van der Waals surface area (Å²) in [7, 11) is 0. The number of carbonyl (C=O) groups is 2. The van der Waals surface area contributed by atoms with Gasteiger partial charge in [-0.25, -0.2) is 4.79 Å². The zero-order valence-electron chi connectivity index (χ0n) is 14.2. The fourth-order valence-corrected chi connectivity index (χ4v) is 4.08. The average Bonchev–Trinajstić information content (AvgIpc) is 2.85. The highest BCUT2D eigenvalue weighted by Crippen LogP contribution is 2.25. The van der Waals surface area contributed by atoms with Crippen molar-refractivity contribution in [2.45, 2.75) is 32.2 Å². The number of urea groups is 1. The Morgan fingerprint density at radius 2 is 2.08 bits per heavy atom. The molecule has 3 amide bonds. The minimum absolute atomic E-state index is 0.00709. The fraction of sp³-hybridized carbons (Fsp3) is 0.556. The third kappa shape index (κ3) is 4.04. The quantitative estimate of drug-likeness (QED) is 0.914. The summed E-state index contributed by atoms with van der Waals surface area (Å²) in [5.74, 6) is 2.32. The second kappa shape index (κ2) is 7.92. The van der Waals surface area contributed by atoms with Crippen LogP contribution in [0.5, 0.6) is 0 Å². The standard InChI is InChI=1S/C18H25N3O2S/c1-14(19-18(23)20-8-4-11-24-12-10-20)15-5-2-6-16(13-15)21-9-3-7-17(21)22/h2,5-6,13-14H,3-4,7-12H2,1H3,(H,19,23). The Hall–Kier alpha value is -1.69. The largest absolute Gasteiger partial charge is 0.331 e. The lowest BCUT2D eigenvalue weighted by molar-refractivity contribution is -0.117. The SMILES string of the molecule is CC(NC(=O)N1CCCSCC1)c1cccc(N2CCCC2=O)c1. The van der Waals surface area contributed by atoms with Gasteiger partial charge in [-0.15, -0.1) is 0 Å². The van der Waals surface area contributed by atoms with Crippen LogP contribution < -0.4 is 10.2 Å². The number of rotatable bonds is 3. The van der Waals surface area contributed by atoms with Gasteiger partial charge in [-0.05, 0) is 43.2 Å². The summed E-state index contributed by atoms with van der Waals surface area (Å²) in [6.07, 6.45) is 2.60. The Morgan fingerprint density at radius 3 is 2.88 bits per heavy atom. The molecule has 2 fully saturated rings. The smallest absolute Gasteiger partial charge is 0.317 e. The third-order valence-electron chi connectivity index (χ3n) is 4.60. The molecule has 2 aliphatic rings. The molecule has 6 heteroatoms. The monoisotopic (exact) mass is 347 g/mol. The molecule has 2 heterocycles. The summed E-state index contributed by atoms with van der Waals surface area (Å²) in [4.78, 5) is 28.1. The van der Waals surface area contributed by atoms with Crippen LogP contribution in [0.25, 0.3) is 0 Å². The summed E-state index contributed by atoms with van der Waals surface area (Å²) in [6.45, 7) is 4.42. The highest BCUT2D eigenvalue weighted by atomic mass is 32.2. The molecule has 0 bridgehead atoms. The summed E-state index contributed by atoms with van der Waals surface area (Å²) < 4.78 is 0. The van der Waals surface area contributed by atoms with Gasteiger partial charge in [-0.3, -0.25) is 4.79 Å². The number of thioether (sulfide) groups is 1. The van der Waals surface area contributed by atoms with Crippen LogP contribution in [-0.4, -0.2) is 48.0 Å². The summed E-state index contributed by atoms with van der Waals surface area (Å²) >= 11 is 1.91. The van der Waals surface area contributed by atoms with Crippen LogP contribution in [0.3, 0.4) is 0 Å². The average molecular weight is 347 g/mol. The molecule has 5 nitrogen and oxygen atoms in total. The number of benzene rings is 1. The summed E-state index contributed by atoms with van der Waals surface area (Å²) in [5.41, 5.74) is 1.96. The first-order valence-corrected chi connectivity index (χ1v) is 9.84. The maximum absolute atomic E-state index is 12.5. The number of hydrogen-bond acceptors (Lipinski definition) is 3. The van der Waals surface area contributed by atoms with Gasteiger partial charge >= 0.3 is 6.03 Å². The number of nitrogens with one attached hydrogen (secondary N) is 1. The highest BCUT2D eigenvalue weighted by Gasteiger charge is 2.23. The molecule has 1 unspecified atom stereocenters. The fourth-order valence-electron chi connectivity index (χ4n) is 3.19. The van der Waals surface area contributed by atoms with Gasteiger partial charge in [0.15, 0.2) is 0 Å². The van der Waals surface area contributed by atoms with Crippen molar-refractivity contribution in [3.05, 3.63) is 29.8 Å². The molecule has 2 aliphatic heterocycles. The Labute approximate surface area is 147 Å². The van der Waals surface area contributed by atoms with E-state index in [4.69, 9.17) is 0 Å². The van der Waals surface area contributed by atoms with Crippen LogP contribution in [0.4, 0.5) is 10.5 Å². The van der Waals surface area contributed by atoms with Gasteiger partial charge in [-0.2, -0.15) is 11.8 Å². The van der Waals surface area contributed by atoms with E-state index in [1.54, 1.807) is 0 Å². The van der Waals surface area contributed by atoms with Crippen molar-refractivity contribution in [2.24, 2.45) is 0 Å². The topological polar surface area (TPSA) is 52.7 Å². The molecule has 0 radical (unpaired) electrons. The maximum atomic E-state index is 12.5. The van der Waals surface area contributed by atoms with Gasteiger partial charge < -0.3 is 15.1 Å². The van der Waals surface area contributed by atoms with Crippen LogP contribution in [0.1, 0.15) is 37.8 Å². The molecule has 1 N–H and O–H groups in total. The molecule has 2 saturated heterocycles. The molecule has 130 valence electrons. The van der Waals surface area contributed by atoms with E-state index >= 15 is 0 Å². The van der Waals surface area contributed by atoms with E-state index in [-0.39, 0.29) is 18.0 Å². The predicted molar refractivity (Wildman–Crippen MR) is 98.5 cm³/mol. The van der Waals surface area contributed by atoms with E-state index in [0.29, 0.717) is 6.42 Å². The van der Waals surface area contributed by atoms with Gasteiger partial charge in [0.05, 0.1) is 6.04 Å². The lowest BCUT2D eigenvalue weighted by Gasteiger charge is -2.24. The number of anilines is 1. The Bertz CT molecular complexity index is 600. The Balaban J connectivity index is 1.65. The normalized spacial score (nSPS) is 20.0. The van der Waals surface area contributed by atoms with E-state index in [0.717, 1.165) is 55.2 Å². The first-order chi connectivity index (χ1) is 11.6. The Kier molecular flexibility index (Phi) is 5.66. The zero-order valence-corrected chi connectivity index (χ0v) is 15.0. The molecule has 24 heavy (non-hydrogen) atoms. The van der Waals surface area contributed by atoms with Crippen molar-refractivity contribution in [3.63, 3.8) is 0 Å². The third-order valence-corrected chi connectivity index (χ3v) is 5.65. The van der Waals surface area contributed by atoms with Crippen molar-refractivity contribution < 1.29 is 9.59 Å². The van der Waals surface area contributed by atoms with E-state index in [9.17, 15) is 9.59 Å². The molecule has 0 spiro atoms. The number of amides is 3. The predicted octanol–water partition coefficient (Wildman–Crippen LogP) is 3.02. The van der Waals surface area contributed by atoms with E-state index in [2.05, 4.69) is 5.32 Å². The molecule has 0 saturated carbocycles. The van der Waals surface area contributed by atoms with Crippen molar-refractivity contribution in [3.8, 4) is 0 Å². The molecule has 3 rings (SSSR count). The Morgan fingerprint density at radius 1 is 1.21 bits per heavy atom. The molecular formula is C18H25N3O2S. The molecular weight excluding hydrogens is 322 g/mol. The minimum atomic E-state index is -0.0777. The zero-order chi connectivity index (χ0) is 16.9. The van der Waals surface area contributed by atoms with Crippen molar-refractivity contribution in [2.75, 3.05) is 36.0 Å². The van der Waals surface area contributed by atoms with Crippen LogP contribution >= 0.6 is 11.8 Å². The van der Waals surface area contributed by atoms with Gasteiger partial charge in [-0.1, -0.05) is 12.1 Å². The van der Waals surface area contributed by atoms with Crippen molar-refractivity contribution in [1.29, 1.82) is 0 Å². The maximum Gasteiger partial charge on any atom is 0.317 e. The number of carbonyl (C=O) groups excluding carboxylic acids is 2. The van der Waals surface area contributed by atoms with Crippen LogP contribution in [0.2, 0.25) is 0 Å². The number of hydrogen-bond donors (Lipinski definition) is 1. The van der Waals surface area contributed by atoms with Crippen LogP contribution in [-0.2, 0) is 4.79 Å². The van der Waals surface area contributed by atoms with E-state index in [1.165, 1.54) is 0 Å². The molecule has 0 aliphatic carbocycles. The minimum Gasteiger partial charge on any atom is -0.331 e. The van der Waals surface area contributed by atoms with Gasteiger partial charge in [0.25, 0.3) is 0 Å². The first-order valence-electron chi connectivity index (χ1n) is 8.68. The van der Waals surface area contributed by atoms with Crippen molar-refractivity contribution >= 4 is 29.4 Å². The second-order valence-corrected chi connectivity index (χ2v) is 7.59. The van der Waals surface area contributed by atoms with Gasteiger partial charge in [0, 0.05) is 37.5 Å². The lowest BCUT2D eigenvalue weighted by atomic mass is 10.1. The summed E-state index contributed by atoms with van der Waals surface area (Å²) in [6, 6.07) is 7.88. The second-order valence-electron chi connectivity index (χ2n) is 6.37. The van der Waals surface area contributed by atoms with Crippen LogP contribution in [0.15, 0.2) is 24.3 Å². The molecule has 1 aromatic rings. The molecule has 0 aromatic heterocycles. The molecule has 1 atom stereocenters. The van der Waals surface area contributed by atoms with Gasteiger partial charge in [0.2, 0.25) is 5.91 Å². The first kappa shape index (κ1) is 17.1. The van der Waals surface area contributed by atoms with Crippen LogP contribution in [0, 0.1) is 0 Å². The van der Waals surface area contributed by atoms with Crippen molar-refractivity contribution in [1.82, 2.24) is 10.2 Å². The number of nitrogens with zero attached hydrogens (tertiary/aromatic N) is 2. The van der Waals surface area contributed by atoms with E-state index < -0.39 is 0 Å². The van der Waals surface area contributed by atoms with Gasteiger partial charge in [0.1, 0.15) is 0 Å². The summed E-state index contributed by atoms with van der Waals surface area (Å²) in [5, 5.41) is 3.10. The van der Waals surface area contributed by atoms with E-state index in [1.807, 2.05) is 52.8 Å². The highest BCUT2D eigenvalue weighted by molar-refractivity contribution is 7.99.